The summed E-state index contributed by atoms with van der Waals surface area (Å²) < 4.78 is 1.46. The fourth-order valence-corrected chi connectivity index (χ4v) is 2.65. The van der Waals surface area contributed by atoms with Crippen molar-refractivity contribution in [3.63, 3.8) is 0 Å². The Morgan fingerprint density at radius 3 is 2.94 bits per heavy atom. The molecule has 7 heteroatoms. The Morgan fingerprint density at radius 1 is 1.56 bits per heavy atom. The lowest BCUT2D eigenvalue weighted by Crippen LogP contribution is -2.12. The first-order chi connectivity index (χ1) is 8.61. The van der Waals surface area contributed by atoms with Gasteiger partial charge >= 0.3 is 5.69 Å². The Balaban J connectivity index is 2.33. The van der Waals surface area contributed by atoms with Crippen molar-refractivity contribution in [3.8, 4) is 0 Å². The predicted molar refractivity (Wildman–Crippen MR) is 72.2 cm³/mol. The average molecular weight is 285 g/mol. The molecule has 0 aliphatic rings. The van der Waals surface area contributed by atoms with Gasteiger partial charge in [-0.15, -0.1) is 5.10 Å². The van der Waals surface area contributed by atoms with Crippen molar-refractivity contribution in [1.29, 1.82) is 0 Å². The second-order valence-corrected chi connectivity index (χ2v) is 5.21. The van der Waals surface area contributed by atoms with E-state index in [2.05, 4.69) is 10.2 Å². The Hall–Kier alpha value is -1.24. The lowest BCUT2D eigenvalue weighted by atomic mass is 10.1. The zero-order valence-electron chi connectivity index (χ0n) is 9.81. The third-order valence-electron chi connectivity index (χ3n) is 2.48. The molecule has 0 radical (unpaired) electrons. The molecule has 0 fully saturated rings. The first-order valence-corrected chi connectivity index (χ1v) is 6.59. The highest BCUT2D eigenvalue weighted by molar-refractivity contribution is 7.99. The largest absolute Gasteiger partial charge is 0.343 e. The molecule has 0 atom stereocenters. The summed E-state index contributed by atoms with van der Waals surface area (Å²) in [6.07, 6.45) is 0.737. The van der Waals surface area contributed by atoms with Crippen molar-refractivity contribution in [3.05, 3.63) is 39.3 Å². The van der Waals surface area contributed by atoms with Crippen LogP contribution in [0.3, 0.4) is 0 Å². The Labute approximate surface area is 113 Å². The van der Waals surface area contributed by atoms with Crippen LogP contribution in [0.2, 0.25) is 5.02 Å². The van der Waals surface area contributed by atoms with E-state index < -0.39 is 0 Å². The van der Waals surface area contributed by atoms with Crippen LogP contribution in [0.15, 0.2) is 33.0 Å². The van der Waals surface area contributed by atoms with Crippen molar-refractivity contribution < 1.29 is 0 Å². The van der Waals surface area contributed by atoms with Crippen LogP contribution in [0.5, 0.6) is 0 Å². The number of H-pyrrole nitrogens is 1. The molecule has 0 saturated carbocycles. The standard InChI is InChI=1S/C11H13ClN4OS/c1-16-10(17)14-15-11(16)18-9-3-2-8(12)6-7(9)4-5-13/h2-3,6H,4-5,13H2,1H3,(H,14,17). The number of halogens is 1. The molecular formula is C11H13ClN4OS. The van der Waals surface area contributed by atoms with Crippen molar-refractivity contribution in [2.45, 2.75) is 16.5 Å². The molecule has 2 aromatic rings. The molecule has 0 bridgehead atoms. The predicted octanol–water partition coefficient (Wildman–Crippen LogP) is 1.41. The molecule has 0 unspecified atom stereocenters. The second kappa shape index (κ2) is 5.60. The summed E-state index contributed by atoms with van der Waals surface area (Å²) in [5.74, 6) is 0. The number of aromatic amines is 1. The molecular weight excluding hydrogens is 272 g/mol. The third kappa shape index (κ3) is 2.77. The van der Waals surface area contributed by atoms with Crippen LogP contribution >= 0.6 is 23.4 Å². The number of hydrogen-bond donors (Lipinski definition) is 2. The lowest BCUT2D eigenvalue weighted by molar-refractivity contribution is 0.765. The van der Waals surface area contributed by atoms with Crippen LogP contribution in [0.25, 0.3) is 0 Å². The van der Waals surface area contributed by atoms with E-state index in [1.807, 2.05) is 18.2 Å². The SMILES string of the molecule is Cn1c(Sc2ccc(Cl)cc2CCN)n[nH]c1=O. The van der Waals surface area contributed by atoms with Gasteiger partial charge in [0.25, 0.3) is 0 Å². The highest BCUT2D eigenvalue weighted by atomic mass is 35.5. The van der Waals surface area contributed by atoms with Gasteiger partial charge in [-0.25, -0.2) is 9.89 Å². The minimum atomic E-state index is -0.230. The maximum absolute atomic E-state index is 11.3. The summed E-state index contributed by atoms with van der Waals surface area (Å²) in [7, 11) is 1.67. The summed E-state index contributed by atoms with van der Waals surface area (Å²) in [6, 6.07) is 5.62. The van der Waals surface area contributed by atoms with Gasteiger partial charge in [0.2, 0.25) is 0 Å². The van der Waals surface area contributed by atoms with Crippen molar-refractivity contribution in [2.24, 2.45) is 12.8 Å². The molecule has 1 heterocycles. The first kappa shape index (κ1) is 13.2. The maximum atomic E-state index is 11.3. The van der Waals surface area contributed by atoms with Crippen LogP contribution < -0.4 is 11.4 Å². The van der Waals surface area contributed by atoms with E-state index in [1.54, 1.807) is 7.05 Å². The van der Waals surface area contributed by atoms with Crippen LogP contribution in [0, 0.1) is 0 Å². The van der Waals surface area contributed by atoms with Crippen molar-refractivity contribution in [2.75, 3.05) is 6.54 Å². The number of hydrogen-bond acceptors (Lipinski definition) is 4. The molecule has 0 aliphatic heterocycles. The number of benzene rings is 1. The van der Waals surface area contributed by atoms with E-state index in [-0.39, 0.29) is 5.69 Å². The van der Waals surface area contributed by atoms with Gasteiger partial charge in [0.15, 0.2) is 5.16 Å². The quantitative estimate of drug-likeness (QED) is 0.890. The summed E-state index contributed by atoms with van der Waals surface area (Å²) in [5, 5.41) is 7.66. The molecule has 3 N–H and O–H groups in total. The fourth-order valence-electron chi connectivity index (χ4n) is 1.52. The smallest absolute Gasteiger partial charge is 0.330 e. The fraction of sp³-hybridized carbons (Fsp3) is 0.273. The molecule has 0 spiro atoms. The molecule has 96 valence electrons. The van der Waals surface area contributed by atoms with Gasteiger partial charge in [-0.3, -0.25) is 4.57 Å². The zero-order valence-corrected chi connectivity index (χ0v) is 11.4. The number of nitrogens with one attached hydrogen (secondary N) is 1. The van der Waals surface area contributed by atoms with Gasteiger partial charge < -0.3 is 5.73 Å². The lowest BCUT2D eigenvalue weighted by Gasteiger charge is -2.08. The molecule has 0 aliphatic carbocycles. The molecule has 18 heavy (non-hydrogen) atoms. The average Bonchev–Trinajstić information content (AvgIpc) is 2.65. The van der Waals surface area contributed by atoms with Gasteiger partial charge in [0.1, 0.15) is 0 Å². The number of nitrogens with two attached hydrogens (primary N) is 1. The van der Waals surface area contributed by atoms with Crippen LogP contribution in [-0.2, 0) is 13.5 Å². The molecule has 1 aromatic carbocycles. The molecule has 1 aromatic heterocycles. The Kier molecular flexibility index (Phi) is 4.11. The normalized spacial score (nSPS) is 10.8. The minimum Gasteiger partial charge on any atom is -0.330 e. The van der Waals surface area contributed by atoms with E-state index in [0.717, 1.165) is 16.9 Å². The van der Waals surface area contributed by atoms with Gasteiger partial charge in [-0.1, -0.05) is 11.6 Å². The molecule has 0 saturated heterocycles. The Bertz CT molecular complexity index is 607. The van der Waals surface area contributed by atoms with Crippen molar-refractivity contribution in [1.82, 2.24) is 14.8 Å². The van der Waals surface area contributed by atoms with E-state index >= 15 is 0 Å². The van der Waals surface area contributed by atoms with Crippen molar-refractivity contribution >= 4 is 23.4 Å². The van der Waals surface area contributed by atoms with E-state index in [1.165, 1.54) is 16.3 Å². The van der Waals surface area contributed by atoms with E-state index in [9.17, 15) is 4.79 Å². The highest BCUT2D eigenvalue weighted by Crippen LogP contribution is 2.30. The number of rotatable bonds is 4. The monoisotopic (exact) mass is 284 g/mol. The van der Waals surface area contributed by atoms with Crippen LogP contribution in [-0.4, -0.2) is 21.3 Å². The summed E-state index contributed by atoms with van der Waals surface area (Å²) in [6.45, 7) is 0.549. The summed E-state index contributed by atoms with van der Waals surface area (Å²) in [5.41, 5.74) is 6.41. The molecule has 5 nitrogen and oxygen atoms in total. The highest BCUT2D eigenvalue weighted by Gasteiger charge is 2.10. The van der Waals surface area contributed by atoms with Gasteiger partial charge in [-0.05, 0) is 48.5 Å². The summed E-state index contributed by atoms with van der Waals surface area (Å²) >= 11 is 7.38. The topological polar surface area (TPSA) is 76.7 Å². The van der Waals surface area contributed by atoms with Gasteiger partial charge in [-0.2, -0.15) is 0 Å². The number of nitrogens with zero attached hydrogens (tertiary/aromatic N) is 2. The Morgan fingerprint density at radius 2 is 2.33 bits per heavy atom. The second-order valence-electron chi connectivity index (χ2n) is 3.76. The molecule has 0 amide bonds. The molecule has 2 rings (SSSR count). The van der Waals surface area contributed by atoms with Crippen LogP contribution in [0.4, 0.5) is 0 Å². The van der Waals surface area contributed by atoms with E-state index in [0.29, 0.717) is 16.7 Å². The van der Waals surface area contributed by atoms with Gasteiger partial charge in [0, 0.05) is 17.0 Å². The minimum absolute atomic E-state index is 0.230. The summed E-state index contributed by atoms with van der Waals surface area (Å²) in [4.78, 5) is 12.3. The maximum Gasteiger partial charge on any atom is 0.343 e. The van der Waals surface area contributed by atoms with E-state index in [4.69, 9.17) is 17.3 Å². The first-order valence-electron chi connectivity index (χ1n) is 5.39. The number of aromatic nitrogens is 3. The van der Waals surface area contributed by atoms with Crippen LogP contribution in [0.1, 0.15) is 5.56 Å². The zero-order chi connectivity index (χ0) is 13.1. The van der Waals surface area contributed by atoms with Gasteiger partial charge in [0.05, 0.1) is 0 Å². The third-order valence-corrected chi connectivity index (χ3v) is 3.88.